The molecule has 0 amide bonds. The van der Waals surface area contributed by atoms with Crippen LogP contribution in [0.2, 0.25) is 0 Å². The molecule has 146 valence electrons. The highest BCUT2D eigenvalue weighted by Crippen LogP contribution is 2.28. The monoisotopic (exact) mass is 394 g/mol. The van der Waals surface area contributed by atoms with Crippen molar-refractivity contribution in [3.63, 3.8) is 0 Å². The molecule has 0 saturated heterocycles. The van der Waals surface area contributed by atoms with Crippen molar-refractivity contribution < 1.29 is 17.6 Å². The van der Waals surface area contributed by atoms with E-state index in [1.165, 1.54) is 5.56 Å². The van der Waals surface area contributed by atoms with Crippen LogP contribution in [0.5, 0.6) is 0 Å². The predicted octanol–water partition coefficient (Wildman–Crippen LogP) is 6.82. The van der Waals surface area contributed by atoms with Gasteiger partial charge in [-0.1, -0.05) is 42.2 Å². The molecule has 0 aliphatic heterocycles. The van der Waals surface area contributed by atoms with Crippen LogP contribution in [0.3, 0.4) is 0 Å². The molecule has 4 heteroatoms. The van der Waals surface area contributed by atoms with Crippen LogP contribution >= 0.6 is 0 Å². The fraction of sp³-hybridized carbons (Fsp3) is 0.120. The zero-order chi connectivity index (χ0) is 20.8. The molecule has 0 radical (unpaired) electrons. The number of aryl methyl sites for hydroxylation is 1. The Morgan fingerprint density at radius 2 is 1.38 bits per heavy atom. The zero-order valence-corrected chi connectivity index (χ0v) is 15.8. The maximum Gasteiger partial charge on any atom is 0.159 e. The van der Waals surface area contributed by atoms with Gasteiger partial charge in [0, 0.05) is 11.1 Å². The summed E-state index contributed by atoms with van der Waals surface area (Å²) in [6.45, 7) is 1.98. The second-order valence-corrected chi connectivity index (χ2v) is 6.50. The molecular formula is C25H18F4. The molecule has 0 fully saturated rings. The molecule has 0 heterocycles. The molecule has 0 saturated carbocycles. The highest BCUT2D eigenvalue weighted by Gasteiger charge is 2.15. The quantitative estimate of drug-likeness (QED) is 0.259. The van der Waals surface area contributed by atoms with Gasteiger partial charge < -0.3 is 0 Å². The number of rotatable bonds is 4. The third-order valence-electron chi connectivity index (χ3n) is 4.39. The van der Waals surface area contributed by atoms with Gasteiger partial charge >= 0.3 is 0 Å². The Kier molecular flexibility index (Phi) is 6.51. The number of hydrogen-bond donors (Lipinski definition) is 0. The minimum Gasteiger partial charge on any atom is -0.206 e. The van der Waals surface area contributed by atoms with Crippen LogP contribution in [-0.4, -0.2) is 0 Å². The predicted molar refractivity (Wildman–Crippen MR) is 107 cm³/mol. The van der Waals surface area contributed by atoms with Crippen LogP contribution in [0.1, 0.15) is 30.0 Å². The summed E-state index contributed by atoms with van der Waals surface area (Å²) in [5.74, 6) is 1.59. The van der Waals surface area contributed by atoms with Crippen molar-refractivity contribution in [3.05, 3.63) is 107 Å². The fourth-order valence-electron chi connectivity index (χ4n) is 2.89. The molecule has 0 unspecified atom stereocenters. The van der Waals surface area contributed by atoms with E-state index in [-0.39, 0.29) is 11.1 Å². The second kappa shape index (κ2) is 9.25. The Morgan fingerprint density at radius 3 is 2.00 bits per heavy atom. The van der Waals surface area contributed by atoms with Gasteiger partial charge in [0.15, 0.2) is 11.6 Å². The minimum atomic E-state index is -1.17. The SMILES string of the molecule is C/C=C/CCc1ccc(C#Cc2cc(F)c(-c3ccc(F)c(F)c3)c(F)c2)cc1. The van der Waals surface area contributed by atoms with Crippen molar-refractivity contribution in [3.8, 4) is 23.0 Å². The van der Waals surface area contributed by atoms with Crippen LogP contribution in [0.4, 0.5) is 17.6 Å². The van der Waals surface area contributed by atoms with Crippen molar-refractivity contribution in [1.82, 2.24) is 0 Å². The topological polar surface area (TPSA) is 0 Å². The van der Waals surface area contributed by atoms with Gasteiger partial charge in [-0.2, -0.15) is 0 Å². The first-order valence-corrected chi connectivity index (χ1v) is 9.14. The summed E-state index contributed by atoms with van der Waals surface area (Å²) >= 11 is 0. The molecule has 0 N–H and O–H groups in total. The van der Waals surface area contributed by atoms with E-state index >= 15 is 0 Å². The summed E-state index contributed by atoms with van der Waals surface area (Å²) in [6.07, 6.45) is 6.00. The molecule has 0 nitrogen and oxygen atoms in total. The van der Waals surface area contributed by atoms with E-state index in [0.717, 1.165) is 48.7 Å². The van der Waals surface area contributed by atoms with Crippen molar-refractivity contribution in [2.75, 3.05) is 0 Å². The lowest BCUT2D eigenvalue weighted by Crippen LogP contribution is -1.94. The Labute approximate surface area is 167 Å². The third-order valence-corrected chi connectivity index (χ3v) is 4.39. The van der Waals surface area contributed by atoms with Crippen LogP contribution in [0.15, 0.2) is 66.7 Å². The first kappa shape index (κ1) is 20.4. The van der Waals surface area contributed by atoms with Crippen molar-refractivity contribution in [1.29, 1.82) is 0 Å². The van der Waals surface area contributed by atoms with Gasteiger partial charge in [-0.15, -0.1) is 0 Å². The number of hydrogen-bond acceptors (Lipinski definition) is 0. The van der Waals surface area contributed by atoms with E-state index in [0.29, 0.717) is 0 Å². The molecular weight excluding hydrogens is 376 g/mol. The molecule has 0 bridgehead atoms. The molecule has 0 aliphatic carbocycles. The van der Waals surface area contributed by atoms with Gasteiger partial charge in [-0.25, -0.2) is 17.6 Å². The van der Waals surface area contributed by atoms with E-state index in [2.05, 4.69) is 17.9 Å². The van der Waals surface area contributed by atoms with E-state index in [9.17, 15) is 17.6 Å². The molecule has 3 aromatic carbocycles. The first-order chi connectivity index (χ1) is 14.0. The minimum absolute atomic E-state index is 0.0769. The van der Waals surface area contributed by atoms with Crippen molar-refractivity contribution in [2.24, 2.45) is 0 Å². The first-order valence-electron chi connectivity index (χ1n) is 9.14. The van der Waals surface area contributed by atoms with Gasteiger partial charge in [0.2, 0.25) is 0 Å². The number of benzene rings is 3. The summed E-state index contributed by atoms with van der Waals surface area (Å²) in [7, 11) is 0. The van der Waals surface area contributed by atoms with E-state index in [1.807, 2.05) is 37.3 Å². The number of allylic oxidation sites excluding steroid dienone is 2. The maximum absolute atomic E-state index is 14.4. The summed E-state index contributed by atoms with van der Waals surface area (Å²) in [4.78, 5) is 0. The standard InChI is InChI=1S/C25H18F4/c1-2-3-4-5-17-6-8-18(9-7-17)10-11-19-14-23(28)25(24(29)15-19)20-12-13-21(26)22(27)16-20/h2-3,6-9,12-16H,4-5H2,1H3/b3-2+. The van der Waals surface area contributed by atoms with E-state index in [1.54, 1.807) is 0 Å². The number of halogens is 4. The Bertz CT molecular complexity index is 1080. The fourth-order valence-corrected chi connectivity index (χ4v) is 2.89. The van der Waals surface area contributed by atoms with Crippen LogP contribution in [0, 0.1) is 35.1 Å². The molecule has 0 spiro atoms. The van der Waals surface area contributed by atoms with Gasteiger partial charge in [-0.3, -0.25) is 0 Å². The highest BCUT2D eigenvalue weighted by atomic mass is 19.2. The van der Waals surface area contributed by atoms with Crippen molar-refractivity contribution in [2.45, 2.75) is 19.8 Å². The maximum atomic E-state index is 14.4. The molecule has 3 rings (SSSR count). The van der Waals surface area contributed by atoms with Crippen LogP contribution in [0.25, 0.3) is 11.1 Å². The molecule has 0 aliphatic rings. The lowest BCUT2D eigenvalue weighted by atomic mass is 10.0. The average molecular weight is 394 g/mol. The smallest absolute Gasteiger partial charge is 0.159 e. The van der Waals surface area contributed by atoms with Crippen LogP contribution < -0.4 is 0 Å². The Balaban J connectivity index is 1.82. The largest absolute Gasteiger partial charge is 0.206 e. The zero-order valence-electron chi connectivity index (χ0n) is 15.8. The average Bonchev–Trinajstić information content (AvgIpc) is 2.70. The van der Waals surface area contributed by atoms with Gasteiger partial charge in [0.25, 0.3) is 0 Å². The molecule has 0 aromatic heterocycles. The van der Waals surface area contributed by atoms with Crippen LogP contribution in [-0.2, 0) is 6.42 Å². The highest BCUT2D eigenvalue weighted by molar-refractivity contribution is 5.66. The van der Waals surface area contributed by atoms with Crippen molar-refractivity contribution >= 4 is 0 Å². The molecule has 29 heavy (non-hydrogen) atoms. The summed E-state index contributed by atoms with van der Waals surface area (Å²) < 4.78 is 55.3. The summed E-state index contributed by atoms with van der Waals surface area (Å²) in [5, 5.41) is 0. The Hall–Kier alpha value is -3.32. The van der Waals surface area contributed by atoms with Gasteiger partial charge in [0.05, 0.1) is 5.56 Å². The van der Waals surface area contributed by atoms with Gasteiger partial charge in [-0.05, 0) is 67.3 Å². The normalized spacial score (nSPS) is 10.8. The lowest BCUT2D eigenvalue weighted by molar-refractivity contribution is 0.508. The summed E-state index contributed by atoms with van der Waals surface area (Å²) in [6, 6.07) is 12.6. The lowest BCUT2D eigenvalue weighted by Gasteiger charge is -2.07. The van der Waals surface area contributed by atoms with Gasteiger partial charge in [0.1, 0.15) is 11.6 Å². The second-order valence-electron chi connectivity index (χ2n) is 6.50. The summed E-state index contributed by atoms with van der Waals surface area (Å²) in [5.41, 5.74) is 1.57. The molecule has 0 atom stereocenters. The van der Waals surface area contributed by atoms with E-state index in [4.69, 9.17) is 0 Å². The Morgan fingerprint density at radius 1 is 0.724 bits per heavy atom. The molecule has 3 aromatic rings. The van der Waals surface area contributed by atoms with E-state index < -0.39 is 28.8 Å². The third kappa shape index (κ3) is 5.14.